The summed E-state index contributed by atoms with van der Waals surface area (Å²) >= 11 is 0. The van der Waals surface area contributed by atoms with Gasteiger partial charge in [-0.2, -0.15) is 5.10 Å². The van der Waals surface area contributed by atoms with Crippen LogP contribution in [0.25, 0.3) is 0 Å². The molecule has 2 saturated heterocycles. The number of methoxy groups -OCH3 is 1. The zero-order chi connectivity index (χ0) is 25.3. The Morgan fingerprint density at radius 3 is 2.51 bits per heavy atom. The predicted molar refractivity (Wildman–Crippen MR) is 132 cm³/mol. The average Bonchev–Trinajstić information content (AvgIpc) is 3.61. The molecule has 2 fully saturated rings. The van der Waals surface area contributed by atoms with Crippen molar-refractivity contribution in [1.29, 1.82) is 0 Å². The summed E-state index contributed by atoms with van der Waals surface area (Å²) in [5, 5.41) is 6.24. The largest absolute Gasteiger partial charge is 0.497 e. The summed E-state index contributed by atoms with van der Waals surface area (Å²) in [6, 6.07) is 17.9. The topological polar surface area (TPSA) is 97.7 Å². The van der Waals surface area contributed by atoms with Gasteiger partial charge in [0.1, 0.15) is 11.8 Å². The maximum Gasteiger partial charge on any atom is 0.240 e. The van der Waals surface area contributed by atoms with Crippen LogP contribution in [0.4, 0.5) is 5.69 Å². The number of hydrogen-bond donors (Lipinski definition) is 0. The minimum absolute atomic E-state index is 0.0796. The van der Waals surface area contributed by atoms with Crippen molar-refractivity contribution in [3.8, 4) is 17.2 Å². The van der Waals surface area contributed by atoms with Gasteiger partial charge in [0.05, 0.1) is 36.9 Å². The lowest BCUT2D eigenvalue weighted by molar-refractivity contribution is -0.124. The van der Waals surface area contributed by atoms with Crippen LogP contribution in [-0.2, 0) is 9.59 Å². The van der Waals surface area contributed by atoms with E-state index in [2.05, 4.69) is 5.10 Å². The van der Waals surface area contributed by atoms with Gasteiger partial charge in [-0.3, -0.25) is 19.4 Å². The van der Waals surface area contributed by atoms with Crippen molar-refractivity contribution in [2.75, 3.05) is 18.8 Å². The molecular formula is C28H21N3O6. The first kappa shape index (κ1) is 21.6. The Labute approximate surface area is 211 Å². The molecule has 4 atom stereocenters. The molecular weight excluding hydrogens is 474 g/mol. The van der Waals surface area contributed by atoms with Crippen LogP contribution in [0, 0.1) is 11.8 Å². The van der Waals surface area contributed by atoms with E-state index in [0.29, 0.717) is 28.5 Å². The molecule has 0 aliphatic carbocycles. The Hall–Kier alpha value is -4.66. The number of benzene rings is 3. The maximum absolute atomic E-state index is 14.0. The minimum Gasteiger partial charge on any atom is -0.497 e. The molecule has 0 spiro atoms. The first-order chi connectivity index (χ1) is 18.1. The Morgan fingerprint density at radius 2 is 1.70 bits per heavy atom. The highest BCUT2D eigenvalue weighted by Gasteiger charge is 2.65. The third kappa shape index (κ3) is 3.03. The van der Waals surface area contributed by atoms with E-state index in [1.807, 2.05) is 24.3 Å². The highest BCUT2D eigenvalue weighted by Crippen LogP contribution is 2.53. The van der Waals surface area contributed by atoms with E-state index < -0.39 is 29.8 Å². The smallest absolute Gasteiger partial charge is 0.240 e. The summed E-state index contributed by atoms with van der Waals surface area (Å²) in [5.41, 5.74) is 2.54. The van der Waals surface area contributed by atoms with Gasteiger partial charge in [-0.1, -0.05) is 24.3 Å². The van der Waals surface area contributed by atoms with Gasteiger partial charge in [-0.25, -0.2) is 4.90 Å². The second kappa shape index (κ2) is 7.92. The number of fused-ring (bicyclic) bond motifs is 6. The van der Waals surface area contributed by atoms with Crippen molar-refractivity contribution >= 4 is 29.5 Å². The van der Waals surface area contributed by atoms with E-state index in [0.717, 1.165) is 11.1 Å². The maximum atomic E-state index is 14.0. The number of Topliss-reactive ketones (excluding diaryl/α,β-unsaturated/α-hetero) is 1. The fourth-order valence-electron chi connectivity index (χ4n) is 5.87. The molecule has 3 aromatic carbocycles. The molecule has 4 aliphatic heterocycles. The standard InChI is InChI=1S/C28H21N3O6/c1-35-18-9-6-15(7-10-18)26(32)25-23-22(24-19-5-3-2-4-16(19)13-29-31(24)25)27(33)30(28(23)34)17-8-11-20-21(12-17)37-14-36-20/h2-13,22-25H,14H2,1H3/t22-,23+,24-,25-/m1/s1. The molecule has 4 aliphatic rings. The average molecular weight is 495 g/mol. The summed E-state index contributed by atoms with van der Waals surface area (Å²) < 4.78 is 16.1. The third-order valence-corrected chi connectivity index (χ3v) is 7.55. The first-order valence-corrected chi connectivity index (χ1v) is 11.9. The van der Waals surface area contributed by atoms with Crippen LogP contribution in [0.2, 0.25) is 0 Å². The molecule has 0 saturated carbocycles. The number of imide groups is 1. The third-order valence-electron chi connectivity index (χ3n) is 7.55. The number of ketones is 1. The second-order valence-corrected chi connectivity index (χ2v) is 9.34. The van der Waals surface area contributed by atoms with E-state index >= 15 is 0 Å². The van der Waals surface area contributed by atoms with Crippen molar-refractivity contribution in [3.05, 3.63) is 83.4 Å². The molecule has 37 heavy (non-hydrogen) atoms. The molecule has 3 aromatic rings. The highest BCUT2D eigenvalue weighted by atomic mass is 16.7. The number of nitrogens with zero attached hydrogens (tertiary/aromatic N) is 3. The van der Waals surface area contributed by atoms with Crippen LogP contribution in [0.5, 0.6) is 17.2 Å². The summed E-state index contributed by atoms with van der Waals surface area (Å²) in [6.45, 7) is 0.0796. The number of carbonyl (C=O) groups is 3. The SMILES string of the molecule is COc1ccc(C(=O)[C@H]2[C@H]3C(=O)N(c4ccc5c(c4)OCO5)C(=O)[C@H]3[C@H]3c4ccccc4C=NN32)cc1. The Morgan fingerprint density at radius 1 is 0.946 bits per heavy atom. The monoisotopic (exact) mass is 495 g/mol. The van der Waals surface area contributed by atoms with Crippen molar-refractivity contribution in [1.82, 2.24) is 5.01 Å². The normalized spacial score (nSPS) is 24.7. The number of ether oxygens (including phenoxy) is 3. The molecule has 2 amide bonds. The molecule has 0 aromatic heterocycles. The Bertz CT molecular complexity index is 1500. The number of rotatable bonds is 4. The fourth-order valence-corrected chi connectivity index (χ4v) is 5.87. The van der Waals surface area contributed by atoms with E-state index in [9.17, 15) is 14.4 Å². The first-order valence-electron chi connectivity index (χ1n) is 11.9. The lowest BCUT2D eigenvalue weighted by Gasteiger charge is -2.33. The molecule has 0 N–H and O–H groups in total. The molecule has 7 rings (SSSR count). The van der Waals surface area contributed by atoms with Crippen LogP contribution in [0.1, 0.15) is 27.5 Å². The van der Waals surface area contributed by atoms with Gasteiger partial charge in [-0.05, 0) is 47.5 Å². The number of hydrogen-bond acceptors (Lipinski definition) is 8. The number of anilines is 1. The van der Waals surface area contributed by atoms with E-state index in [1.165, 1.54) is 4.90 Å². The van der Waals surface area contributed by atoms with Gasteiger partial charge in [0.25, 0.3) is 0 Å². The van der Waals surface area contributed by atoms with E-state index in [4.69, 9.17) is 14.2 Å². The van der Waals surface area contributed by atoms with Gasteiger partial charge in [0.15, 0.2) is 17.3 Å². The summed E-state index contributed by atoms with van der Waals surface area (Å²) in [5.74, 6) is -1.10. The fraction of sp³-hybridized carbons (Fsp3) is 0.214. The molecule has 0 bridgehead atoms. The lowest BCUT2D eigenvalue weighted by Crippen LogP contribution is -2.44. The van der Waals surface area contributed by atoms with Crippen LogP contribution in [0.15, 0.2) is 71.8 Å². The quantitative estimate of drug-likeness (QED) is 0.405. The molecule has 184 valence electrons. The van der Waals surface area contributed by atoms with Crippen molar-refractivity contribution in [2.45, 2.75) is 12.1 Å². The molecule has 9 heteroatoms. The Balaban J connectivity index is 1.34. The number of carbonyl (C=O) groups excluding carboxylic acids is 3. The molecule has 9 nitrogen and oxygen atoms in total. The lowest BCUT2D eigenvalue weighted by atomic mass is 9.83. The minimum atomic E-state index is -0.941. The van der Waals surface area contributed by atoms with E-state index in [1.54, 1.807) is 60.8 Å². The van der Waals surface area contributed by atoms with Gasteiger partial charge in [0.2, 0.25) is 18.6 Å². The molecule has 0 unspecified atom stereocenters. The summed E-state index contributed by atoms with van der Waals surface area (Å²) in [6.07, 6.45) is 1.69. The highest BCUT2D eigenvalue weighted by molar-refractivity contribution is 6.24. The van der Waals surface area contributed by atoms with Crippen molar-refractivity contribution < 1.29 is 28.6 Å². The van der Waals surface area contributed by atoms with Gasteiger partial charge >= 0.3 is 0 Å². The van der Waals surface area contributed by atoms with Gasteiger partial charge in [-0.15, -0.1) is 0 Å². The van der Waals surface area contributed by atoms with Crippen molar-refractivity contribution in [3.63, 3.8) is 0 Å². The van der Waals surface area contributed by atoms with Crippen LogP contribution in [0.3, 0.4) is 0 Å². The summed E-state index contributed by atoms with van der Waals surface area (Å²) in [7, 11) is 1.55. The van der Waals surface area contributed by atoms with Crippen LogP contribution in [-0.4, -0.2) is 48.8 Å². The molecule has 0 radical (unpaired) electrons. The molecule has 4 heterocycles. The van der Waals surface area contributed by atoms with E-state index in [-0.39, 0.29) is 18.5 Å². The zero-order valence-electron chi connectivity index (χ0n) is 19.7. The van der Waals surface area contributed by atoms with Gasteiger partial charge in [0, 0.05) is 11.6 Å². The number of hydrazone groups is 1. The van der Waals surface area contributed by atoms with Gasteiger partial charge < -0.3 is 14.2 Å². The second-order valence-electron chi connectivity index (χ2n) is 9.34. The predicted octanol–water partition coefficient (Wildman–Crippen LogP) is 3.19. The van der Waals surface area contributed by atoms with Crippen molar-refractivity contribution in [2.24, 2.45) is 16.9 Å². The summed E-state index contributed by atoms with van der Waals surface area (Å²) in [4.78, 5) is 43.1. The number of amides is 2. The Kier molecular flexibility index (Phi) is 4.63. The van der Waals surface area contributed by atoms with Crippen LogP contribution < -0.4 is 19.1 Å². The zero-order valence-corrected chi connectivity index (χ0v) is 19.7. The van der Waals surface area contributed by atoms with Crippen LogP contribution >= 0.6 is 0 Å².